The topological polar surface area (TPSA) is 64.1 Å². The molecule has 0 aliphatic heterocycles. The number of aryl methyl sites for hydroxylation is 1. The number of benzene rings is 1. The molecule has 0 saturated heterocycles. The molecule has 1 saturated carbocycles. The molecule has 4 heteroatoms. The summed E-state index contributed by atoms with van der Waals surface area (Å²) in [5.74, 6) is 1.26. The highest BCUT2D eigenvalue weighted by Crippen LogP contribution is 2.54. The Hall–Kier alpha value is -1.81. The predicted molar refractivity (Wildman–Crippen MR) is 69.9 cm³/mol. The van der Waals surface area contributed by atoms with E-state index in [-0.39, 0.29) is 5.92 Å². The Bertz CT molecular complexity index is 549. The van der Waals surface area contributed by atoms with Crippen LogP contribution in [0, 0.1) is 5.92 Å². The van der Waals surface area contributed by atoms with Crippen molar-refractivity contribution in [2.45, 2.75) is 18.4 Å². The van der Waals surface area contributed by atoms with E-state index in [1.165, 1.54) is 5.56 Å². The summed E-state index contributed by atoms with van der Waals surface area (Å²) >= 11 is 0. The first-order chi connectivity index (χ1) is 8.68. The van der Waals surface area contributed by atoms with Crippen molar-refractivity contribution in [1.82, 2.24) is 9.78 Å². The molecule has 0 radical (unpaired) electrons. The van der Waals surface area contributed by atoms with Gasteiger partial charge in [0.25, 0.3) is 0 Å². The maximum atomic E-state index is 10.4. The summed E-state index contributed by atoms with van der Waals surface area (Å²) in [4.78, 5) is 0. The van der Waals surface area contributed by atoms with Gasteiger partial charge < -0.3 is 10.8 Å². The number of aromatic nitrogens is 2. The van der Waals surface area contributed by atoms with Crippen LogP contribution in [0.2, 0.25) is 0 Å². The van der Waals surface area contributed by atoms with E-state index in [4.69, 9.17) is 5.73 Å². The van der Waals surface area contributed by atoms with Crippen LogP contribution in [0.5, 0.6) is 0 Å². The number of anilines is 1. The molecule has 3 unspecified atom stereocenters. The SMILES string of the molecule is Cn1ncc(C(O)C2CC2c2ccccc2)c1N. The quantitative estimate of drug-likeness (QED) is 0.864. The van der Waals surface area contributed by atoms with Gasteiger partial charge in [-0.05, 0) is 23.8 Å². The molecule has 3 rings (SSSR count). The monoisotopic (exact) mass is 243 g/mol. The van der Waals surface area contributed by atoms with E-state index in [1.54, 1.807) is 17.9 Å². The molecule has 0 amide bonds. The second-order valence-electron chi connectivity index (χ2n) is 4.97. The molecule has 1 aromatic carbocycles. The minimum Gasteiger partial charge on any atom is -0.388 e. The molecule has 1 aromatic heterocycles. The fourth-order valence-electron chi connectivity index (χ4n) is 2.57. The van der Waals surface area contributed by atoms with E-state index in [9.17, 15) is 5.11 Å². The molecule has 3 atom stereocenters. The van der Waals surface area contributed by atoms with Crippen LogP contribution in [0.1, 0.15) is 29.6 Å². The molecular formula is C14H17N3O. The Balaban J connectivity index is 1.77. The van der Waals surface area contributed by atoms with Crippen molar-refractivity contribution >= 4 is 5.82 Å². The Labute approximate surface area is 106 Å². The van der Waals surface area contributed by atoms with Crippen LogP contribution in [0.4, 0.5) is 5.82 Å². The molecule has 4 nitrogen and oxygen atoms in total. The lowest BCUT2D eigenvalue weighted by Crippen LogP contribution is -2.05. The summed E-state index contributed by atoms with van der Waals surface area (Å²) in [5, 5.41) is 14.4. The molecule has 2 aromatic rings. The van der Waals surface area contributed by atoms with Crippen molar-refractivity contribution in [1.29, 1.82) is 0 Å². The lowest BCUT2D eigenvalue weighted by Gasteiger charge is -2.09. The van der Waals surface area contributed by atoms with Crippen molar-refractivity contribution in [2.24, 2.45) is 13.0 Å². The maximum Gasteiger partial charge on any atom is 0.127 e. The number of rotatable bonds is 3. The van der Waals surface area contributed by atoms with Gasteiger partial charge in [0.15, 0.2) is 0 Å². The van der Waals surface area contributed by atoms with Crippen LogP contribution in [0.25, 0.3) is 0 Å². The number of aliphatic hydroxyl groups excluding tert-OH is 1. The van der Waals surface area contributed by atoms with Crippen LogP contribution < -0.4 is 5.73 Å². The zero-order chi connectivity index (χ0) is 12.7. The van der Waals surface area contributed by atoms with Crippen molar-refractivity contribution in [3.05, 3.63) is 47.7 Å². The second kappa shape index (κ2) is 4.14. The fourth-order valence-corrected chi connectivity index (χ4v) is 2.57. The van der Waals surface area contributed by atoms with Gasteiger partial charge in [-0.25, -0.2) is 0 Å². The van der Waals surface area contributed by atoms with Crippen LogP contribution in [-0.4, -0.2) is 14.9 Å². The van der Waals surface area contributed by atoms with E-state index in [0.29, 0.717) is 11.7 Å². The zero-order valence-electron chi connectivity index (χ0n) is 10.3. The third-order valence-electron chi connectivity index (χ3n) is 3.81. The van der Waals surface area contributed by atoms with Crippen molar-refractivity contribution in [2.75, 3.05) is 5.73 Å². The molecular weight excluding hydrogens is 226 g/mol. The third kappa shape index (κ3) is 1.78. The van der Waals surface area contributed by atoms with E-state index >= 15 is 0 Å². The molecule has 1 heterocycles. The number of nitrogens with zero attached hydrogens (tertiary/aromatic N) is 2. The van der Waals surface area contributed by atoms with E-state index < -0.39 is 6.10 Å². The average Bonchev–Trinajstić information content (AvgIpc) is 3.13. The number of hydrogen-bond acceptors (Lipinski definition) is 3. The van der Waals surface area contributed by atoms with Gasteiger partial charge in [0, 0.05) is 12.6 Å². The summed E-state index contributed by atoms with van der Waals surface area (Å²) in [6, 6.07) is 10.3. The van der Waals surface area contributed by atoms with Gasteiger partial charge in [-0.2, -0.15) is 5.10 Å². The van der Waals surface area contributed by atoms with E-state index in [2.05, 4.69) is 17.2 Å². The average molecular weight is 243 g/mol. The summed E-state index contributed by atoms with van der Waals surface area (Å²) in [6.07, 6.45) is 2.17. The van der Waals surface area contributed by atoms with Gasteiger partial charge in [-0.1, -0.05) is 30.3 Å². The van der Waals surface area contributed by atoms with Crippen molar-refractivity contribution in [3.63, 3.8) is 0 Å². The Morgan fingerprint density at radius 1 is 1.39 bits per heavy atom. The molecule has 1 fully saturated rings. The third-order valence-corrected chi connectivity index (χ3v) is 3.81. The van der Waals surface area contributed by atoms with Gasteiger partial charge in [0.05, 0.1) is 12.3 Å². The molecule has 0 bridgehead atoms. The molecule has 3 N–H and O–H groups in total. The number of nitrogens with two attached hydrogens (primary N) is 1. The number of nitrogen functional groups attached to an aromatic ring is 1. The molecule has 94 valence electrons. The minimum atomic E-state index is -0.510. The first-order valence-corrected chi connectivity index (χ1v) is 6.19. The summed E-state index contributed by atoms with van der Waals surface area (Å²) in [6.45, 7) is 0. The maximum absolute atomic E-state index is 10.4. The first kappa shape index (κ1) is 11.3. The van der Waals surface area contributed by atoms with Crippen molar-refractivity contribution < 1.29 is 5.11 Å². The normalized spacial score (nSPS) is 23.9. The number of aliphatic hydroxyl groups is 1. The van der Waals surface area contributed by atoms with Gasteiger partial charge in [-0.15, -0.1) is 0 Å². The lowest BCUT2D eigenvalue weighted by molar-refractivity contribution is 0.152. The first-order valence-electron chi connectivity index (χ1n) is 6.19. The smallest absolute Gasteiger partial charge is 0.127 e. The Morgan fingerprint density at radius 3 is 2.72 bits per heavy atom. The van der Waals surface area contributed by atoms with Gasteiger partial charge in [0.2, 0.25) is 0 Å². The van der Waals surface area contributed by atoms with Gasteiger partial charge in [0.1, 0.15) is 5.82 Å². The second-order valence-corrected chi connectivity index (χ2v) is 4.97. The molecule has 1 aliphatic carbocycles. The largest absolute Gasteiger partial charge is 0.388 e. The zero-order valence-corrected chi connectivity index (χ0v) is 10.3. The predicted octanol–water partition coefficient (Wildman–Crippen LogP) is 1.84. The van der Waals surface area contributed by atoms with Crippen LogP contribution in [0.15, 0.2) is 36.5 Å². The summed E-state index contributed by atoms with van der Waals surface area (Å²) in [7, 11) is 1.78. The van der Waals surface area contributed by atoms with Gasteiger partial charge >= 0.3 is 0 Å². The Morgan fingerprint density at radius 2 is 2.11 bits per heavy atom. The standard InChI is InChI=1S/C14H17N3O/c1-17-14(15)12(8-16-17)13(18)11-7-10(11)9-5-3-2-4-6-9/h2-6,8,10-11,13,18H,7,15H2,1H3. The highest BCUT2D eigenvalue weighted by Gasteiger charge is 2.44. The van der Waals surface area contributed by atoms with Crippen molar-refractivity contribution in [3.8, 4) is 0 Å². The summed E-state index contributed by atoms with van der Waals surface area (Å²) in [5.41, 5.74) is 7.94. The van der Waals surface area contributed by atoms with Crippen LogP contribution in [0.3, 0.4) is 0 Å². The van der Waals surface area contributed by atoms with Gasteiger partial charge in [-0.3, -0.25) is 4.68 Å². The lowest BCUT2D eigenvalue weighted by atomic mass is 10.0. The fraction of sp³-hybridized carbons (Fsp3) is 0.357. The number of hydrogen-bond donors (Lipinski definition) is 2. The summed E-state index contributed by atoms with van der Waals surface area (Å²) < 4.78 is 1.60. The van der Waals surface area contributed by atoms with E-state index in [0.717, 1.165) is 12.0 Å². The highest BCUT2D eigenvalue weighted by atomic mass is 16.3. The van der Waals surface area contributed by atoms with Crippen LogP contribution in [-0.2, 0) is 7.05 Å². The van der Waals surface area contributed by atoms with Crippen LogP contribution >= 0.6 is 0 Å². The minimum absolute atomic E-state index is 0.263. The Kier molecular flexibility index (Phi) is 2.59. The highest BCUT2D eigenvalue weighted by molar-refractivity contribution is 5.42. The molecule has 0 spiro atoms. The van der Waals surface area contributed by atoms with E-state index in [1.807, 2.05) is 18.2 Å². The molecule has 18 heavy (non-hydrogen) atoms. The molecule has 1 aliphatic rings.